The maximum absolute atomic E-state index is 12.1. The van der Waals surface area contributed by atoms with Gasteiger partial charge in [-0.3, -0.25) is 4.79 Å². The summed E-state index contributed by atoms with van der Waals surface area (Å²) in [7, 11) is -0.608. The summed E-state index contributed by atoms with van der Waals surface area (Å²) in [5, 5.41) is 4.19. The second-order valence-corrected chi connectivity index (χ2v) is 8.38. The van der Waals surface area contributed by atoms with E-state index >= 15 is 0 Å². The van der Waals surface area contributed by atoms with E-state index in [2.05, 4.69) is 21.2 Å². The van der Waals surface area contributed by atoms with E-state index in [1.807, 2.05) is 6.07 Å². The molecule has 0 aliphatic carbocycles. The van der Waals surface area contributed by atoms with Crippen LogP contribution in [0, 0.1) is 0 Å². The smallest absolute Gasteiger partial charge is 0.265 e. The van der Waals surface area contributed by atoms with Gasteiger partial charge in [0.1, 0.15) is 0 Å². The zero-order chi connectivity index (χ0) is 15.6. The molecule has 2 rings (SSSR count). The minimum Gasteiger partial charge on any atom is -0.321 e. The predicted octanol–water partition coefficient (Wildman–Crippen LogP) is 3.01. The van der Waals surface area contributed by atoms with Gasteiger partial charge in [0.05, 0.1) is 9.77 Å². The van der Waals surface area contributed by atoms with Crippen molar-refractivity contribution < 1.29 is 13.2 Å². The lowest BCUT2D eigenvalue weighted by atomic mass is 10.3. The van der Waals surface area contributed by atoms with Gasteiger partial charge in [-0.2, -0.15) is 0 Å². The van der Waals surface area contributed by atoms with E-state index in [4.69, 9.17) is 0 Å². The van der Waals surface area contributed by atoms with Crippen molar-refractivity contribution in [1.29, 1.82) is 0 Å². The van der Waals surface area contributed by atoms with Crippen LogP contribution in [0.15, 0.2) is 45.1 Å². The molecule has 1 aromatic heterocycles. The van der Waals surface area contributed by atoms with Crippen LogP contribution in [0.2, 0.25) is 0 Å². The zero-order valence-electron chi connectivity index (χ0n) is 11.3. The highest BCUT2D eigenvalue weighted by molar-refractivity contribution is 9.10. The summed E-state index contributed by atoms with van der Waals surface area (Å²) in [5.41, 5.74) is 0.639. The Morgan fingerprint density at radius 3 is 2.62 bits per heavy atom. The summed E-state index contributed by atoms with van der Waals surface area (Å²) in [6.07, 6.45) is 0. The van der Waals surface area contributed by atoms with E-state index in [0.717, 1.165) is 20.1 Å². The lowest BCUT2D eigenvalue weighted by Gasteiger charge is -2.08. The second kappa shape index (κ2) is 6.27. The molecule has 0 atom stereocenters. The van der Waals surface area contributed by atoms with Crippen LogP contribution >= 0.6 is 27.3 Å². The Kier molecular flexibility index (Phi) is 4.82. The molecule has 0 saturated heterocycles. The molecular weight excluding hydrogens is 376 g/mol. The first-order valence-corrected chi connectivity index (χ1v) is 9.00. The van der Waals surface area contributed by atoms with E-state index in [0.29, 0.717) is 10.6 Å². The molecule has 1 N–H and O–H groups in total. The van der Waals surface area contributed by atoms with Gasteiger partial charge in [-0.1, -0.05) is 22.0 Å². The number of benzene rings is 1. The number of hydrogen-bond donors (Lipinski definition) is 1. The van der Waals surface area contributed by atoms with Gasteiger partial charge >= 0.3 is 0 Å². The predicted molar refractivity (Wildman–Crippen MR) is 87.3 cm³/mol. The third-order valence-electron chi connectivity index (χ3n) is 2.66. The van der Waals surface area contributed by atoms with Crippen LogP contribution in [0.4, 0.5) is 5.69 Å². The number of carbonyl (C=O) groups is 1. The maximum Gasteiger partial charge on any atom is 0.265 e. The number of rotatable bonds is 4. The average Bonchev–Trinajstić information content (AvgIpc) is 2.88. The minimum atomic E-state index is -3.51. The molecule has 1 heterocycles. The summed E-state index contributed by atoms with van der Waals surface area (Å²) in [4.78, 5) is 12.6. The molecule has 112 valence electrons. The quantitative estimate of drug-likeness (QED) is 0.874. The van der Waals surface area contributed by atoms with Gasteiger partial charge in [0.25, 0.3) is 5.91 Å². The summed E-state index contributed by atoms with van der Waals surface area (Å²) in [6.45, 7) is 0. The lowest BCUT2D eigenvalue weighted by Crippen LogP contribution is -2.21. The van der Waals surface area contributed by atoms with Crippen LogP contribution in [-0.4, -0.2) is 32.7 Å². The Balaban J connectivity index is 2.20. The lowest BCUT2D eigenvalue weighted by molar-refractivity contribution is 0.103. The van der Waals surface area contributed by atoms with E-state index in [-0.39, 0.29) is 10.8 Å². The van der Waals surface area contributed by atoms with E-state index in [9.17, 15) is 13.2 Å². The van der Waals surface area contributed by atoms with Gasteiger partial charge in [-0.25, -0.2) is 12.7 Å². The van der Waals surface area contributed by atoms with Crippen LogP contribution in [0.25, 0.3) is 0 Å². The molecule has 1 amide bonds. The average molecular weight is 389 g/mol. The van der Waals surface area contributed by atoms with Gasteiger partial charge in [-0.15, -0.1) is 11.3 Å². The normalized spacial score (nSPS) is 11.6. The number of anilines is 1. The van der Waals surface area contributed by atoms with Crippen molar-refractivity contribution in [1.82, 2.24) is 4.31 Å². The van der Waals surface area contributed by atoms with Crippen molar-refractivity contribution in [3.8, 4) is 0 Å². The summed E-state index contributed by atoms with van der Waals surface area (Å²) in [6, 6.07) is 8.56. The van der Waals surface area contributed by atoms with Gasteiger partial charge in [0.2, 0.25) is 10.0 Å². The molecule has 0 spiro atoms. The molecule has 5 nitrogen and oxygen atoms in total. The van der Waals surface area contributed by atoms with Gasteiger partial charge < -0.3 is 5.32 Å². The fourth-order valence-corrected chi connectivity index (χ4v) is 4.00. The molecule has 2 aromatic rings. The first-order chi connectivity index (χ1) is 9.80. The molecule has 0 aliphatic heterocycles. The number of amides is 1. The highest BCUT2D eigenvalue weighted by Crippen LogP contribution is 2.23. The van der Waals surface area contributed by atoms with Crippen molar-refractivity contribution in [2.75, 3.05) is 19.4 Å². The topological polar surface area (TPSA) is 66.5 Å². The Hall–Kier alpha value is -1.22. The number of sulfonamides is 1. The third kappa shape index (κ3) is 3.70. The highest BCUT2D eigenvalue weighted by Gasteiger charge is 2.21. The van der Waals surface area contributed by atoms with E-state index in [1.165, 1.54) is 25.5 Å². The van der Waals surface area contributed by atoms with Crippen LogP contribution in [0.5, 0.6) is 0 Å². The van der Waals surface area contributed by atoms with Crippen LogP contribution in [0.1, 0.15) is 9.67 Å². The van der Waals surface area contributed by atoms with Crippen molar-refractivity contribution in [3.63, 3.8) is 0 Å². The number of hydrogen-bond acceptors (Lipinski definition) is 4. The standard InChI is InChI=1S/C13H13BrN2O3S2/c1-16(2)21(18,19)11-7-12(20-8-11)13(17)15-10-5-3-4-9(14)6-10/h3-8H,1-2H3,(H,15,17). The summed E-state index contributed by atoms with van der Waals surface area (Å²) in [5.74, 6) is -0.335. The highest BCUT2D eigenvalue weighted by atomic mass is 79.9. The number of nitrogens with zero attached hydrogens (tertiary/aromatic N) is 1. The Morgan fingerprint density at radius 1 is 1.29 bits per heavy atom. The Morgan fingerprint density at radius 2 is 2.00 bits per heavy atom. The van der Waals surface area contributed by atoms with Crippen molar-refractivity contribution >= 4 is 48.9 Å². The number of nitrogens with one attached hydrogen (secondary N) is 1. The van der Waals surface area contributed by atoms with Crippen LogP contribution in [0.3, 0.4) is 0 Å². The molecule has 0 saturated carbocycles. The van der Waals surface area contributed by atoms with Crippen LogP contribution < -0.4 is 5.32 Å². The van der Waals surface area contributed by atoms with Crippen LogP contribution in [-0.2, 0) is 10.0 Å². The Bertz CT molecular complexity index is 769. The third-order valence-corrected chi connectivity index (χ3v) is 6.02. The fourth-order valence-electron chi connectivity index (χ4n) is 1.54. The number of halogens is 1. The molecule has 0 bridgehead atoms. The van der Waals surface area contributed by atoms with Gasteiger partial charge in [0, 0.05) is 29.6 Å². The summed E-state index contributed by atoms with van der Waals surface area (Å²) < 4.78 is 25.9. The summed E-state index contributed by atoms with van der Waals surface area (Å²) >= 11 is 4.42. The van der Waals surface area contributed by atoms with Gasteiger partial charge in [-0.05, 0) is 24.3 Å². The first-order valence-electron chi connectivity index (χ1n) is 5.88. The fraction of sp³-hybridized carbons (Fsp3) is 0.154. The van der Waals surface area contributed by atoms with E-state index in [1.54, 1.807) is 18.2 Å². The Labute approximate surface area is 135 Å². The van der Waals surface area contributed by atoms with Crippen molar-refractivity contribution in [3.05, 3.63) is 45.1 Å². The molecule has 21 heavy (non-hydrogen) atoms. The number of thiophene rings is 1. The zero-order valence-corrected chi connectivity index (χ0v) is 14.5. The molecule has 0 radical (unpaired) electrons. The molecular formula is C13H13BrN2O3S2. The molecule has 0 unspecified atom stereocenters. The van der Waals surface area contributed by atoms with Gasteiger partial charge in [0.15, 0.2) is 0 Å². The van der Waals surface area contributed by atoms with Crippen molar-refractivity contribution in [2.24, 2.45) is 0 Å². The monoisotopic (exact) mass is 388 g/mol. The largest absolute Gasteiger partial charge is 0.321 e. The number of carbonyl (C=O) groups excluding carboxylic acids is 1. The minimum absolute atomic E-state index is 0.122. The molecule has 0 aliphatic rings. The SMILES string of the molecule is CN(C)S(=O)(=O)c1csc(C(=O)Nc2cccc(Br)c2)c1. The second-order valence-electron chi connectivity index (χ2n) is 4.40. The molecule has 0 fully saturated rings. The molecule has 1 aromatic carbocycles. The van der Waals surface area contributed by atoms with Crippen molar-refractivity contribution in [2.45, 2.75) is 4.90 Å². The maximum atomic E-state index is 12.1. The van der Waals surface area contributed by atoms with E-state index < -0.39 is 10.0 Å². The molecule has 8 heteroatoms. The first kappa shape index (κ1) is 16.2.